The van der Waals surface area contributed by atoms with E-state index in [1.807, 2.05) is 0 Å². The third kappa shape index (κ3) is 2.55. The second-order valence-electron chi connectivity index (χ2n) is 8.17. The predicted octanol–water partition coefficient (Wildman–Crippen LogP) is 3.75. The Morgan fingerprint density at radius 1 is 1.05 bits per heavy atom. The summed E-state index contributed by atoms with van der Waals surface area (Å²) in [4.78, 5) is 12.0. The number of nitrogens with one attached hydrogen (secondary N) is 1. The van der Waals surface area contributed by atoms with E-state index in [1.165, 1.54) is 38.5 Å². The van der Waals surface area contributed by atoms with Crippen molar-refractivity contribution in [3.63, 3.8) is 0 Å². The maximum atomic E-state index is 12.0. The van der Waals surface area contributed by atoms with Gasteiger partial charge in [-0.05, 0) is 74.5 Å². The predicted molar refractivity (Wildman–Crippen MR) is 77.7 cm³/mol. The lowest BCUT2D eigenvalue weighted by Crippen LogP contribution is -2.55. The molecule has 1 N–H and O–H groups in total. The Balaban J connectivity index is 1.66. The lowest BCUT2D eigenvalue weighted by Gasteiger charge is -2.59. The van der Waals surface area contributed by atoms with E-state index in [0.717, 1.165) is 17.8 Å². The van der Waals surface area contributed by atoms with Crippen LogP contribution >= 0.6 is 0 Å². The third-order valence-electron chi connectivity index (χ3n) is 5.98. The van der Waals surface area contributed by atoms with E-state index >= 15 is 0 Å². The molecule has 1 atom stereocenters. The van der Waals surface area contributed by atoms with E-state index in [2.05, 4.69) is 26.1 Å². The minimum absolute atomic E-state index is 0.262. The van der Waals surface area contributed by atoms with Gasteiger partial charge in [-0.3, -0.25) is 4.79 Å². The number of rotatable bonds is 4. The first-order valence-electron chi connectivity index (χ1n) is 8.26. The van der Waals surface area contributed by atoms with Crippen LogP contribution in [0.3, 0.4) is 0 Å². The zero-order valence-corrected chi connectivity index (χ0v) is 12.7. The maximum Gasteiger partial charge on any atom is 0.220 e. The topological polar surface area (TPSA) is 29.1 Å². The molecule has 4 bridgehead atoms. The molecule has 0 radical (unpaired) electrons. The van der Waals surface area contributed by atoms with E-state index in [0.29, 0.717) is 23.8 Å². The van der Waals surface area contributed by atoms with Gasteiger partial charge >= 0.3 is 0 Å². The summed E-state index contributed by atoms with van der Waals surface area (Å²) in [6.45, 7) is 6.51. The summed E-state index contributed by atoms with van der Waals surface area (Å²) in [7, 11) is 0. The van der Waals surface area contributed by atoms with Crippen LogP contribution in [0.2, 0.25) is 0 Å². The first kappa shape index (κ1) is 13.5. The van der Waals surface area contributed by atoms with Gasteiger partial charge in [-0.25, -0.2) is 0 Å². The van der Waals surface area contributed by atoms with Gasteiger partial charge in [0.25, 0.3) is 0 Å². The molecule has 4 fully saturated rings. The van der Waals surface area contributed by atoms with Gasteiger partial charge in [0.15, 0.2) is 0 Å². The van der Waals surface area contributed by atoms with E-state index in [4.69, 9.17) is 0 Å². The molecular weight excluding hydrogens is 234 g/mol. The monoisotopic (exact) mass is 263 g/mol. The lowest BCUT2D eigenvalue weighted by atomic mass is 9.48. The second-order valence-corrected chi connectivity index (χ2v) is 8.17. The zero-order chi connectivity index (χ0) is 13.6. The Labute approximate surface area is 117 Å². The van der Waals surface area contributed by atoms with Gasteiger partial charge in [0.1, 0.15) is 0 Å². The van der Waals surface area contributed by atoms with Crippen molar-refractivity contribution in [3.05, 3.63) is 0 Å². The highest BCUT2D eigenvalue weighted by atomic mass is 16.1. The highest BCUT2D eigenvalue weighted by molar-refractivity contribution is 5.76. The number of amides is 1. The van der Waals surface area contributed by atoms with Crippen molar-refractivity contribution >= 4 is 5.91 Å². The summed E-state index contributed by atoms with van der Waals surface area (Å²) in [5, 5.41) is 3.33. The number of carbonyl (C=O) groups is 1. The Hall–Kier alpha value is -0.530. The van der Waals surface area contributed by atoms with E-state index in [-0.39, 0.29) is 5.91 Å². The fourth-order valence-electron chi connectivity index (χ4n) is 5.53. The zero-order valence-electron chi connectivity index (χ0n) is 12.7. The molecule has 0 heterocycles. The average molecular weight is 263 g/mol. The molecule has 4 rings (SSSR count). The van der Waals surface area contributed by atoms with Gasteiger partial charge in [-0.2, -0.15) is 0 Å². The second kappa shape index (κ2) is 4.79. The van der Waals surface area contributed by atoms with Crippen molar-refractivity contribution in [1.29, 1.82) is 0 Å². The van der Waals surface area contributed by atoms with Gasteiger partial charge in [0, 0.05) is 12.5 Å². The van der Waals surface area contributed by atoms with Crippen LogP contribution in [0.5, 0.6) is 0 Å². The first-order valence-corrected chi connectivity index (χ1v) is 8.26. The molecule has 0 unspecified atom stereocenters. The number of hydrogen-bond acceptors (Lipinski definition) is 1. The largest absolute Gasteiger partial charge is 0.353 e. The molecule has 0 aromatic carbocycles. The first-order chi connectivity index (χ1) is 8.97. The molecule has 0 spiro atoms. The minimum Gasteiger partial charge on any atom is -0.353 e. The number of carbonyl (C=O) groups excluding carboxylic acids is 1. The Bertz CT molecular complexity index is 325. The molecule has 0 aliphatic heterocycles. The van der Waals surface area contributed by atoms with Gasteiger partial charge in [0.05, 0.1) is 0 Å². The molecule has 4 aliphatic rings. The van der Waals surface area contributed by atoms with Crippen molar-refractivity contribution < 1.29 is 4.79 Å². The summed E-state index contributed by atoms with van der Waals surface area (Å²) in [6.07, 6.45) is 9.24. The van der Waals surface area contributed by atoms with Gasteiger partial charge < -0.3 is 5.32 Å². The van der Waals surface area contributed by atoms with Crippen LogP contribution in [-0.2, 0) is 4.79 Å². The van der Waals surface area contributed by atoms with Crippen LogP contribution in [0.25, 0.3) is 0 Å². The molecule has 0 saturated heterocycles. The minimum atomic E-state index is 0.262. The third-order valence-corrected chi connectivity index (χ3v) is 5.98. The standard InChI is InChI=1S/C17H29NO/c1-11(2)4-16(19)18-12(3)17-8-13-5-14(9-17)7-15(6-13)10-17/h11-15H,4-10H2,1-3H3,(H,18,19)/t12-,13?,14?,15?,17?/m1/s1. The Kier molecular flexibility index (Phi) is 3.39. The lowest BCUT2D eigenvalue weighted by molar-refractivity contribution is -0.126. The molecule has 0 aromatic heterocycles. The molecule has 1 amide bonds. The van der Waals surface area contributed by atoms with Gasteiger partial charge in [-0.15, -0.1) is 0 Å². The van der Waals surface area contributed by atoms with Crippen LogP contribution in [0.15, 0.2) is 0 Å². The fourth-order valence-corrected chi connectivity index (χ4v) is 5.53. The normalized spacial score (nSPS) is 41.6. The summed E-state index contributed by atoms with van der Waals surface area (Å²) in [6, 6.07) is 0.382. The summed E-state index contributed by atoms with van der Waals surface area (Å²) >= 11 is 0. The van der Waals surface area contributed by atoms with Crippen LogP contribution in [0.4, 0.5) is 0 Å². The SMILES string of the molecule is CC(C)CC(=O)N[C@H](C)C12CC3CC(CC(C3)C1)C2. The molecule has 2 heteroatoms. The molecule has 19 heavy (non-hydrogen) atoms. The fraction of sp³-hybridized carbons (Fsp3) is 0.941. The van der Waals surface area contributed by atoms with Crippen molar-refractivity contribution in [2.24, 2.45) is 29.1 Å². The highest BCUT2D eigenvalue weighted by Crippen LogP contribution is 2.61. The van der Waals surface area contributed by atoms with Crippen molar-refractivity contribution in [2.75, 3.05) is 0 Å². The smallest absolute Gasteiger partial charge is 0.220 e. The quantitative estimate of drug-likeness (QED) is 0.822. The van der Waals surface area contributed by atoms with Crippen molar-refractivity contribution in [3.8, 4) is 0 Å². The maximum absolute atomic E-state index is 12.0. The summed E-state index contributed by atoms with van der Waals surface area (Å²) < 4.78 is 0. The van der Waals surface area contributed by atoms with Crippen LogP contribution in [-0.4, -0.2) is 11.9 Å². The van der Waals surface area contributed by atoms with Gasteiger partial charge in [0.2, 0.25) is 5.91 Å². The summed E-state index contributed by atoms with van der Waals surface area (Å²) in [5.41, 5.74) is 0.446. The molecule has 0 aromatic rings. The van der Waals surface area contributed by atoms with E-state index in [9.17, 15) is 4.79 Å². The number of hydrogen-bond donors (Lipinski definition) is 1. The molecule has 4 saturated carbocycles. The molecule has 2 nitrogen and oxygen atoms in total. The van der Waals surface area contributed by atoms with Gasteiger partial charge in [-0.1, -0.05) is 13.8 Å². The average Bonchev–Trinajstić information content (AvgIpc) is 2.25. The molecular formula is C17H29NO. The summed E-state index contributed by atoms with van der Waals surface area (Å²) in [5.74, 6) is 3.63. The van der Waals surface area contributed by atoms with E-state index in [1.54, 1.807) is 0 Å². The van der Waals surface area contributed by atoms with Crippen LogP contribution < -0.4 is 5.32 Å². The highest BCUT2D eigenvalue weighted by Gasteiger charge is 2.53. The van der Waals surface area contributed by atoms with Crippen molar-refractivity contribution in [2.45, 2.75) is 71.8 Å². The Morgan fingerprint density at radius 3 is 1.95 bits per heavy atom. The van der Waals surface area contributed by atoms with E-state index < -0.39 is 0 Å². The van der Waals surface area contributed by atoms with Crippen LogP contribution in [0, 0.1) is 29.1 Å². The Morgan fingerprint density at radius 2 is 1.53 bits per heavy atom. The van der Waals surface area contributed by atoms with Crippen LogP contribution in [0.1, 0.15) is 65.7 Å². The molecule has 4 aliphatic carbocycles. The van der Waals surface area contributed by atoms with Crippen molar-refractivity contribution in [1.82, 2.24) is 5.32 Å². The molecule has 108 valence electrons.